The van der Waals surface area contributed by atoms with Crippen molar-refractivity contribution in [2.45, 2.75) is 0 Å². The molecule has 0 unspecified atom stereocenters. The summed E-state index contributed by atoms with van der Waals surface area (Å²) in [4.78, 5) is 8.36. The minimum Gasteiger partial charge on any atom is -0.252 e. The van der Waals surface area contributed by atoms with Crippen LogP contribution < -0.4 is 4.40 Å². The van der Waals surface area contributed by atoms with Gasteiger partial charge >= 0.3 is 0 Å². The number of fused-ring (bicyclic) bond motifs is 10. The van der Waals surface area contributed by atoms with E-state index in [2.05, 4.69) is 76.1 Å². The number of para-hydroxylation sites is 2. The van der Waals surface area contributed by atoms with Crippen LogP contribution in [-0.2, 0) is 0 Å². The summed E-state index contributed by atoms with van der Waals surface area (Å²) >= 11 is 0. The van der Waals surface area contributed by atoms with E-state index >= 15 is 0 Å². The number of H-pyrrole nitrogens is 1. The van der Waals surface area contributed by atoms with Gasteiger partial charge in [-0.25, -0.2) is 4.98 Å². The number of benzene rings is 3. The standard InChI is InChI=1S/C22H13N3/c1-2-7-15-14(6-1)11-12-16-20(15)22-24-17-8-3-4-9-18(17)25(22)19-10-5-13-23-21(16)19/h1-13H/p+1. The van der Waals surface area contributed by atoms with Crippen LogP contribution in [0.3, 0.4) is 0 Å². The van der Waals surface area contributed by atoms with E-state index in [4.69, 9.17) is 4.98 Å². The molecule has 0 fully saturated rings. The monoisotopic (exact) mass is 320 g/mol. The topological polar surface area (TPSA) is 32.8 Å². The smallest absolute Gasteiger partial charge is 0.252 e. The highest BCUT2D eigenvalue weighted by Gasteiger charge is 2.21. The molecular formula is C22H14N3+. The molecule has 1 N–H and O–H groups in total. The predicted molar refractivity (Wildman–Crippen MR) is 102 cm³/mol. The molecular weight excluding hydrogens is 306 g/mol. The molecule has 0 spiro atoms. The van der Waals surface area contributed by atoms with Crippen molar-refractivity contribution in [1.29, 1.82) is 0 Å². The van der Waals surface area contributed by atoms with Crippen LogP contribution in [0.5, 0.6) is 0 Å². The Morgan fingerprint density at radius 3 is 2.56 bits per heavy atom. The molecule has 116 valence electrons. The maximum absolute atomic E-state index is 4.72. The molecule has 3 heteroatoms. The second kappa shape index (κ2) is 4.54. The fraction of sp³-hybridized carbons (Fsp3) is 0. The first-order valence-electron chi connectivity index (χ1n) is 8.42. The average molecular weight is 320 g/mol. The van der Waals surface area contributed by atoms with E-state index in [1.807, 2.05) is 12.3 Å². The summed E-state index contributed by atoms with van der Waals surface area (Å²) in [7, 11) is 0. The number of imidazole rings is 1. The molecule has 3 nitrogen and oxygen atoms in total. The van der Waals surface area contributed by atoms with Gasteiger partial charge in [-0.05, 0) is 35.0 Å². The molecule has 0 aliphatic heterocycles. The Kier molecular flexibility index (Phi) is 2.35. The zero-order valence-corrected chi connectivity index (χ0v) is 13.4. The minimum absolute atomic E-state index is 1.03. The summed E-state index contributed by atoms with van der Waals surface area (Å²) in [5.41, 5.74) is 5.58. The number of nitrogens with one attached hydrogen (secondary N) is 1. The first-order chi connectivity index (χ1) is 12.4. The third-order valence-electron chi connectivity index (χ3n) is 5.07. The molecule has 0 saturated carbocycles. The number of hydrogen-bond acceptors (Lipinski definition) is 1. The van der Waals surface area contributed by atoms with Gasteiger partial charge in [-0.15, -0.1) is 0 Å². The fourth-order valence-electron chi connectivity index (χ4n) is 4.01. The van der Waals surface area contributed by atoms with Crippen LogP contribution in [-0.4, -0.2) is 9.97 Å². The lowest BCUT2D eigenvalue weighted by atomic mass is 10.0. The highest BCUT2D eigenvalue weighted by atomic mass is 15.0. The predicted octanol–water partition coefficient (Wildman–Crippen LogP) is 4.76. The number of nitrogens with zero attached hydrogens (tertiary/aromatic N) is 2. The Morgan fingerprint density at radius 1 is 0.720 bits per heavy atom. The molecule has 3 aromatic heterocycles. The van der Waals surface area contributed by atoms with E-state index in [9.17, 15) is 0 Å². The van der Waals surface area contributed by atoms with Crippen LogP contribution in [0.1, 0.15) is 0 Å². The first-order valence-corrected chi connectivity index (χ1v) is 8.42. The van der Waals surface area contributed by atoms with Crippen LogP contribution in [0, 0.1) is 0 Å². The molecule has 6 aromatic rings. The van der Waals surface area contributed by atoms with Gasteiger partial charge in [0.2, 0.25) is 0 Å². The minimum atomic E-state index is 1.03. The molecule has 0 radical (unpaired) electrons. The van der Waals surface area contributed by atoms with Crippen molar-refractivity contribution >= 4 is 49.3 Å². The highest BCUT2D eigenvalue weighted by molar-refractivity contribution is 6.19. The molecule has 3 aromatic carbocycles. The summed E-state index contributed by atoms with van der Waals surface area (Å²) < 4.78 is 2.30. The molecule has 0 atom stereocenters. The number of aromatic nitrogens is 3. The summed E-state index contributed by atoms with van der Waals surface area (Å²) in [6.07, 6.45) is 1.87. The Hall–Kier alpha value is -3.46. The molecule has 0 aliphatic carbocycles. The largest absolute Gasteiger partial charge is 0.294 e. The lowest BCUT2D eigenvalue weighted by molar-refractivity contribution is -0.448. The Labute approximate surface area is 143 Å². The van der Waals surface area contributed by atoms with Gasteiger partial charge in [-0.3, -0.25) is 4.98 Å². The molecule has 0 amide bonds. The quantitative estimate of drug-likeness (QED) is 0.318. The third kappa shape index (κ3) is 1.59. The third-order valence-corrected chi connectivity index (χ3v) is 5.07. The van der Waals surface area contributed by atoms with Crippen LogP contribution in [0.4, 0.5) is 0 Å². The molecule has 0 aliphatic rings. The normalized spacial score (nSPS) is 12.0. The van der Waals surface area contributed by atoms with Crippen molar-refractivity contribution in [2.24, 2.45) is 0 Å². The van der Waals surface area contributed by atoms with Crippen molar-refractivity contribution < 1.29 is 4.40 Å². The summed E-state index contributed by atoms with van der Waals surface area (Å²) in [6, 6.07) is 25.5. The first kappa shape index (κ1) is 12.9. The van der Waals surface area contributed by atoms with Crippen LogP contribution in [0.15, 0.2) is 79.0 Å². The van der Waals surface area contributed by atoms with E-state index in [1.54, 1.807) is 0 Å². The van der Waals surface area contributed by atoms with E-state index in [0.717, 1.165) is 22.2 Å². The molecule has 0 saturated heterocycles. The van der Waals surface area contributed by atoms with Crippen molar-refractivity contribution in [1.82, 2.24) is 9.97 Å². The average Bonchev–Trinajstić information content (AvgIpc) is 3.07. The van der Waals surface area contributed by atoms with E-state index < -0.39 is 0 Å². The highest BCUT2D eigenvalue weighted by Crippen LogP contribution is 2.32. The van der Waals surface area contributed by atoms with Crippen LogP contribution in [0.2, 0.25) is 0 Å². The van der Waals surface area contributed by atoms with Gasteiger partial charge in [0, 0.05) is 11.6 Å². The second-order valence-corrected chi connectivity index (χ2v) is 6.41. The van der Waals surface area contributed by atoms with Gasteiger partial charge in [0.05, 0.1) is 5.39 Å². The van der Waals surface area contributed by atoms with Gasteiger partial charge < -0.3 is 0 Å². The van der Waals surface area contributed by atoms with E-state index in [0.29, 0.717) is 0 Å². The zero-order chi connectivity index (χ0) is 16.4. The Morgan fingerprint density at radius 2 is 1.56 bits per heavy atom. The number of rotatable bonds is 0. The number of aromatic amines is 1. The van der Waals surface area contributed by atoms with Gasteiger partial charge in [-0.1, -0.05) is 48.5 Å². The molecule has 3 heterocycles. The molecule has 25 heavy (non-hydrogen) atoms. The molecule has 0 bridgehead atoms. The van der Waals surface area contributed by atoms with E-state index in [-0.39, 0.29) is 0 Å². The maximum Gasteiger partial charge on any atom is 0.294 e. The van der Waals surface area contributed by atoms with Crippen molar-refractivity contribution in [3.8, 4) is 0 Å². The Balaban J connectivity index is 2.08. The number of hydrogen-bond donors (Lipinski definition) is 1. The van der Waals surface area contributed by atoms with Gasteiger partial charge in [0.15, 0.2) is 16.6 Å². The van der Waals surface area contributed by atoms with Crippen molar-refractivity contribution in [3.63, 3.8) is 0 Å². The van der Waals surface area contributed by atoms with Crippen LogP contribution in [0.25, 0.3) is 49.3 Å². The van der Waals surface area contributed by atoms with Gasteiger partial charge in [-0.2, -0.15) is 4.40 Å². The van der Waals surface area contributed by atoms with Gasteiger partial charge in [0.1, 0.15) is 5.52 Å². The van der Waals surface area contributed by atoms with Crippen molar-refractivity contribution in [2.75, 3.05) is 0 Å². The zero-order valence-electron chi connectivity index (χ0n) is 13.4. The lowest BCUT2D eigenvalue weighted by Gasteiger charge is -2.06. The van der Waals surface area contributed by atoms with E-state index in [1.165, 1.54) is 27.1 Å². The second-order valence-electron chi connectivity index (χ2n) is 6.41. The molecule has 6 rings (SSSR count). The summed E-state index contributed by atoms with van der Waals surface area (Å²) in [5.74, 6) is 0. The lowest BCUT2D eigenvalue weighted by Crippen LogP contribution is -2.22. The number of pyridine rings is 2. The SMILES string of the molecule is c1ccc2c(c1)ccc1c3ncccc3[n+]3c4ccccc4[nH]c3c21. The fourth-order valence-corrected chi connectivity index (χ4v) is 4.01. The summed E-state index contributed by atoms with van der Waals surface area (Å²) in [5, 5.41) is 4.89. The van der Waals surface area contributed by atoms with Gasteiger partial charge in [0.25, 0.3) is 5.65 Å². The Bertz CT molecular complexity index is 1440. The summed E-state index contributed by atoms with van der Waals surface area (Å²) in [6.45, 7) is 0. The van der Waals surface area contributed by atoms with Crippen LogP contribution >= 0.6 is 0 Å². The maximum atomic E-state index is 4.72. The van der Waals surface area contributed by atoms with Crippen molar-refractivity contribution in [3.05, 3.63) is 79.0 Å².